The maximum atomic E-state index is 10.00. The van der Waals surface area contributed by atoms with Crippen LogP contribution in [0.3, 0.4) is 0 Å². The summed E-state index contributed by atoms with van der Waals surface area (Å²) in [6.07, 6.45) is -12.7. The molecule has 0 saturated carbocycles. The van der Waals surface area contributed by atoms with Crippen molar-refractivity contribution in [3.05, 3.63) is 0 Å². The molecule has 0 aromatic heterocycles. The van der Waals surface area contributed by atoms with Crippen molar-refractivity contribution < 1.29 is 55.1 Å². The van der Waals surface area contributed by atoms with Crippen molar-refractivity contribution in [3.8, 4) is 0 Å². The standard InChI is InChI=1S/C12H22O11/c13-1-4-6(16)8(18)9(19)11(21-4)23-12(3-15)10(20)7(17)5(2-14)22-12/h4-11,13-20H,1-3H2/t4?,5-,6-,7+,8-,9?,10?,11-,12-/m0/s1. The SMILES string of the molecule is OCC1O[C@@H](O[C@]2(CO)O[C@@H](CO)[C@@H](O)C2O)C(O)[C@@H](O)[C@H]1O. The number of aliphatic hydroxyl groups excluding tert-OH is 8. The van der Waals surface area contributed by atoms with E-state index in [1.807, 2.05) is 0 Å². The number of hydrogen-bond acceptors (Lipinski definition) is 11. The smallest absolute Gasteiger partial charge is 0.224 e. The topological polar surface area (TPSA) is 190 Å². The Morgan fingerprint density at radius 3 is 1.87 bits per heavy atom. The highest BCUT2D eigenvalue weighted by molar-refractivity contribution is 4.98. The van der Waals surface area contributed by atoms with Crippen LogP contribution in [0.4, 0.5) is 0 Å². The van der Waals surface area contributed by atoms with Crippen LogP contribution in [0.5, 0.6) is 0 Å². The summed E-state index contributed by atoms with van der Waals surface area (Å²) < 4.78 is 15.4. The van der Waals surface area contributed by atoms with Gasteiger partial charge in [0.25, 0.3) is 0 Å². The second-order valence-electron chi connectivity index (χ2n) is 5.56. The van der Waals surface area contributed by atoms with Gasteiger partial charge in [0.1, 0.15) is 49.3 Å². The van der Waals surface area contributed by atoms with E-state index in [2.05, 4.69) is 0 Å². The van der Waals surface area contributed by atoms with E-state index in [9.17, 15) is 30.6 Å². The molecule has 23 heavy (non-hydrogen) atoms. The zero-order valence-corrected chi connectivity index (χ0v) is 12.0. The largest absolute Gasteiger partial charge is 0.394 e. The van der Waals surface area contributed by atoms with Crippen LogP contribution < -0.4 is 0 Å². The monoisotopic (exact) mass is 342 g/mol. The molecule has 3 unspecified atom stereocenters. The highest BCUT2D eigenvalue weighted by Gasteiger charge is 2.58. The van der Waals surface area contributed by atoms with Gasteiger partial charge in [-0.05, 0) is 0 Å². The molecule has 2 heterocycles. The Bertz CT molecular complexity index is 393. The van der Waals surface area contributed by atoms with Gasteiger partial charge < -0.3 is 55.1 Å². The summed E-state index contributed by atoms with van der Waals surface area (Å²) in [4.78, 5) is 0. The first kappa shape index (κ1) is 18.9. The Balaban J connectivity index is 2.18. The number of hydrogen-bond donors (Lipinski definition) is 8. The first-order chi connectivity index (χ1) is 10.8. The molecule has 2 aliphatic rings. The van der Waals surface area contributed by atoms with Gasteiger partial charge in [-0.3, -0.25) is 0 Å². The Morgan fingerprint density at radius 2 is 1.39 bits per heavy atom. The Kier molecular flexibility index (Phi) is 5.92. The van der Waals surface area contributed by atoms with Crippen LogP contribution in [-0.2, 0) is 14.2 Å². The molecule has 2 aliphatic heterocycles. The average Bonchev–Trinajstić information content (AvgIpc) is 2.80. The quantitative estimate of drug-likeness (QED) is 0.238. The van der Waals surface area contributed by atoms with Crippen molar-refractivity contribution >= 4 is 0 Å². The first-order valence-electron chi connectivity index (χ1n) is 7.05. The number of ether oxygens (including phenoxy) is 3. The third-order valence-corrected chi connectivity index (χ3v) is 4.07. The van der Waals surface area contributed by atoms with Crippen molar-refractivity contribution in [1.82, 2.24) is 0 Å². The minimum absolute atomic E-state index is 0.669. The van der Waals surface area contributed by atoms with E-state index in [0.717, 1.165) is 0 Å². The molecule has 0 amide bonds. The zero-order chi connectivity index (χ0) is 17.4. The summed E-state index contributed by atoms with van der Waals surface area (Å²) in [5, 5.41) is 76.7. The summed E-state index contributed by atoms with van der Waals surface area (Å²) >= 11 is 0. The normalized spacial score (nSPS) is 51.1. The van der Waals surface area contributed by atoms with Crippen LogP contribution in [0.2, 0.25) is 0 Å². The predicted octanol–water partition coefficient (Wildman–Crippen LogP) is -5.40. The molecule has 136 valence electrons. The minimum Gasteiger partial charge on any atom is -0.394 e. The van der Waals surface area contributed by atoms with Crippen LogP contribution in [0.1, 0.15) is 0 Å². The van der Waals surface area contributed by atoms with Crippen LogP contribution in [0.15, 0.2) is 0 Å². The summed E-state index contributed by atoms with van der Waals surface area (Å²) in [6.45, 7) is -2.32. The summed E-state index contributed by atoms with van der Waals surface area (Å²) in [6, 6.07) is 0. The van der Waals surface area contributed by atoms with Gasteiger partial charge in [-0.1, -0.05) is 0 Å². The van der Waals surface area contributed by atoms with E-state index < -0.39 is 74.6 Å². The second-order valence-corrected chi connectivity index (χ2v) is 5.56. The molecule has 0 bridgehead atoms. The van der Waals surface area contributed by atoms with E-state index in [1.165, 1.54) is 0 Å². The third kappa shape index (κ3) is 3.23. The average molecular weight is 342 g/mol. The fraction of sp³-hybridized carbons (Fsp3) is 1.00. The lowest BCUT2D eigenvalue weighted by Crippen LogP contribution is -2.62. The predicted molar refractivity (Wildman–Crippen MR) is 68.6 cm³/mol. The molecular formula is C12H22O11. The van der Waals surface area contributed by atoms with Gasteiger partial charge in [-0.15, -0.1) is 0 Å². The molecule has 0 radical (unpaired) electrons. The van der Waals surface area contributed by atoms with Gasteiger partial charge in [-0.2, -0.15) is 0 Å². The van der Waals surface area contributed by atoms with Gasteiger partial charge in [0.15, 0.2) is 6.29 Å². The van der Waals surface area contributed by atoms with E-state index in [-0.39, 0.29) is 0 Å². The van der Waals surface area contributed by atoms with E-state index in [1.54, 1.807) is 0 Å². The molecular weight excluding hydrogens is 320 g/mol. The van der Waals surface area contributed by atoms with Crippen LogP contribution in [0.25, 0.3) is 0 Å². The van der Waals surface area contributed by atoms with E-state index in [0.29, 0.717) is 0 Å². The first-order valence-corrected chi connectivity index (χ1v) is 7.05. The van der Waals surface area contributed by atoms with Crippen molar-refractivity contribution in [2.24, 2.45) is 0 Å². The minimum atomic E-state index is -2.22. The van der Waals surface area contributed by atoms with Gasteiger partial charge in [0.2, 0.25) is 5.79 Å². The molecule has 2 fully saturated rings. The molecule has 0 spiro atoms. The molecule has 2 rings (SSSR count). The molecule has 8 N–H and O–H groups in total. The van der Waals surface area contributed by atoms with E-state index in [4.69, 9.17) is 24.4 Å². The maximum absolute atomic E-state index is 10.00. The van der Waals surface area contributed by atoms with Crippen LogP contribution in [0, 0.1) is 0 Å². The van der Waals surface area contributed by atoms with E-state index >= 15 is 0 Å². The van der Waals surface area contributed by atoms with Crippen molar-refractivity contribution in [2.45, 2.75) is 54.8 Å². The third-order valence-electron chi connectivity index (χ3n) is 4.07. The fourth-order valence-electron chi connectivity index (χ4n) is 2.63. The van der Waals surface area contributed by atoms with Crippen LogP contribution >= 0.6 is 0 Å². The lowest BCUT2D eigenvalue weighted by atomic mass is 9.99. The van der Waals surface area contributed by atoms with Gasteiger partial charge in [0.05, 0.1) is 13.2 Å². The number of aliphatic hydroxyl groups is 8. The Hall–Kier alpha value is -0.440. The van der Waals surface area contributed by atoms with Gasteiger partial charge in [0, 0.05) is 0 Å². The lowest BCUT2D eigenvalue weighted by Gasteiger charge is -2.43. The Labute approximate surface area is 130 Å². The molecule has 11 heteroatoms. The highest BCUT2D eigenvalue weighted by Crippen LogP contribution is 2.35. The molecule has 0 aliphatic carbocycles. The van der Waals surface area contributed by atoms with Gasteiger partial charge in [-0.25, -0.2) is 0 Å². The molecule has 2 saturated heterocycles. The van der Waals surface area contributed by atoms with Crippen LogP contribution in [-0.4, -0.2) is 115 Å². The summed E-state index contributed by atoms with van der Waals surface area (Å²) in [5.41, 5.74) is 0. The fourth-order valence-corrected chi connectivity index (χ4v) is 2.63. The summed E-state index contributed by atoms with van der Waals surface area (Å²) in [7, 11) is 0. The molecule has 0 aromatic rings. The molecule has 11 nitrogen and oxygen atoms in total. The maximum Gasteiger partial charge on any atom is 0.224 e. The number of rotatable bonds is 5. The Morgan fingerprint density at radius 1 is 0.783 bits per heavy atom. The van der Waals surface area contributed by atoms with Crippen molar-refractivity contribution in [3.63, 3.8) is 0 Å². The van der Waals surface area contributed by atoms with Crippen molar-refractivity contribution in [2.75, 3.05) is 19.8 Å². The van der Waals surface area contributed by atoms with Crippen molar-refractivity contribution in [1.29, 1.82) is 0 Å². The lowest BCUT2D eigenvalue weighted by molar-refractivity contribution is -0.383. The molecule has 9 atom stereocenters. The zero-order valence-electron chi connectivity index (χ0n) is 12.0. The molecule has 0 aromatic carbocycles. The second kappa shape index (κ2) is 7.21. The summed E-state index contributed by atoms with van der Waals surface area (Å²) in [5.74, 6) is -2.22. The highest BCUT2D eigenvalue weighted by atomic mass is 16.8. The van der Waals surface area contributed by atoms with Gasteiger partial charge >= 0.3 is 0 Å².